The molecule has 4 aliphatic rings. The first kappa shape index (κ1) is 77.8. The van der Waals surface area contributed by atoms with E-state index in [-0.39, 0.29) is 66.9 Å². The van der Waals surface area contributed by atoms with E-state index in [1.165, 1.54) is 0 Å². The number of aryl methyl sites for hydroxylation is 3. The number of nitrogens with one attached hydrogen (secondary N) is 2. The number of hydrogen-bond donors (Lipinski definition) is 4. The predicted molar refractivity (Wildman–Crippen MR) is 349 cm³/mol. The second-order valence-corrected chi connectivity index (χ2v) is 29.2. The van der Waals surface area contributed by atoms with E-state index in [1.54, 1.807) is 51.3 Å². The largest absolute Gasteiger partial charge is 0.480 e. The Kier molecular flexibility index (Phi) is 27.6. The van der Waals surface area contributed by atoms with Crippen LogP contribution in [0.15, 0.2) is 36.4 Å². The number of carbonyl (C=O) groups is 6. The van der Waals surface area contributed by atoms with Gasteiger partial charge in [-0.15, -0.1) is 0 Å². The number of carboxylic acid groups (broad SMARTS) is 2. The number of ether oxygens (including phenoxy) is 6. The number of alkyl carbamates (subject to hydrolysis) is 2. The van der Waals surface area contributed by atoms with Gasteiger partial charge in [-0.25, -0.2) is 48.7 Å². The summed E-state index contributed by atoms with van der Waals surface area (Å²) in [6.45, 7) is 30.5. The summed E-state index contributed by atoms with van der Waals surface area (Å²) in [6, 6.07) is 9.75. The van der Waals surface area contributed by atoms with Crippen LogP contribution in [-0.2, 0) is 54.1 Å². The van der Waals surface area contributed by atoms with Crippen molar-refractivity contribution in [2.75, 3.05) is 13.1 Å². The van der Waals surface area contributed by atoms with Crippen molar-refractivity contribution in [3.05, 3.63) is 58.9 Å². The standard InChI is InChI=1S/C34H50N4O7.C34H46N4O7.2CO2/c2*1-20-14-15-24-26(16-20)36-29(43-23-17-21(2)38(19-23)32(42)45-34(6,7)8)25(35-24)13-11-9-10-12-22-18-27(22)44-31(41)37-28(30(39)40)33(3,4)5;2*2-1-3/h14-16,21-23,27-28H,9-13,17-19H2,1-8H3,(H,37,41)(H,39,40);14-16,21-23,27-28H,9-10,12,17-19H2,1-8H3,(H,37,41)(H,39,40);;/t2*21-,22-,23-,27-,28-;;/m11../s1. The monoisotopic (exact) mass is 1340 g/mol. The predicted octanol–water partition coefficient (Wildman–Crippen LogP) is 11.1. The summed E-state index contributed by atoms with van der Waals surface area (Å²) in [5, 5.41) is 23.8. The number of nitrogens with zero attached hydrogens (tertiary/aromatic N) is 6. The molecule has 4 N–H and O–H groups in total. The normalized spacial score (nSPS) is 20.8. The van der Waals surface area contributed by atoms with Gasteiger partial charge in [-0.3, -0.25) is 0 Å². The van der Waals surface area contributed by atoms with Crippen molar-refractivity contribution in [1.82, 2.24) is 40.4 Å². The molecule has 2 aliphatic carbocycles. The first-order chi connectivity index (χ1) is 44.8. The molecule has 4 heterocycles. The number of rotatable bonds is 19. The minimum atomic E-state index is -1.09. The summed E-state index contributed by atoms with van der Waals surface area (Å²) in [5.41, 5.74) is 4.05. The molecule has 8 rings (SSSR count). The third kappa shape index (κ3) is 25.0. The van der Waals surface area contributed by atoms with Crippen molar-refractivity contribution in [3.63, 3.8) is 0 Å². The Morgan fingerprint density at radius 2 is 0.979 bits per heavy atom. The molecule has 0 spiro atoms. The summed E-state index contributed by atoms with van der Waals surface area (Å²) < 4.78 is 34.9. The number of carboxylic acids is 2. The van der Waals surface area contributed by atoms with Gasteiger partial charge in [-0.05, 0) is 178 Å². The van der Waals surface area contributed by atoms with Gasteiger partial charge >= 0.3 is 48.6 Å². The van der Waals surface area contributed by atoms with Crippen LogP contribution in [0.4, 0.5) is 19.2 Å². The highest BCUT2D eigenvalue weighted by Crippen LogP contribution is 2.40. The molecule has 2 aliphatic heterocycles. The number of aromatic nitrogens is 4. The van der Waals surface area contributed by atoms with Crippen LogP contribution in [0.5, 0.6) is 11.8 Å². The van der Waals surface area contributed by atoms with E-state index in [4.69, 9.17) is 67.5 Å². The Bertz CT molecular complexity index is 3500. The molecule has 4 aromatic rings. The van der Waals surface area contributed by atoms with Crippen molar-refractivity contribution >= 4 is 70.7 Å². The zero-order chi connectivity index (χ0) is 71.6. The number of aliphatic carboxylic acids is 2. The molecule has 4 amide bonds. The third-order valence-corrected chi connectivity index (χ3v) is 16.1. The van der Waals surface area contributed by atoms with Crippen molar-refractivity contribution < 1.29 is 86.6 Å². The van der Waals surface area contributed by atoms with Crippen molar-refractivity contribution in [1.29, 1.82) is 0 Å². The summed E-state index contributed by atoms with van der Waals surface area (Å²) in [6.07, 6.45) is 7.19. The van der Waals surface area contributed by atoms with Gasteiger partial charge in [-0.1, -0.05) is 72.4 Å². The molecular formula is C70H96N8O18. The first-order valence-corrected chi connectivity index (χ1v) is 32.6. The van der Waals surface area contributed by atoms with E-state index in [0.29, 0.717) is 67.7 Å². The van der Waals surface area contributed by atoms with Crippen LogP contribution in [0.3, 0.4) is 0 Å². The molecule has 2 aromatic carbocycles. The highest BCUT2D eigenvalue weighted by atomic mass is 16.6. The first-order valence-electron chi connectivity index (χ1n) is 32.6. The van der Waals surface area contributed by atoms with E-state index in [1.807, 2.05) is 106 Å². The van der Waals surface area contributed by atoms with Crippen LogP contribution in [0, 0.1) is 48.4 Å². The molecule has 26 heteroatoms. The molecule has 0 unspecified atom stereocenters. The molecule has 26 nitrogen and oxygen atoms in total. The lowest BCUT2D eigenvalue weighted by Gasteiger charge is -2.27. The fraction of sp³-hybridized carbons (Fsp3) is 0.629. The van der Waals surface area contributed by atoms with Gasteiger partial charge in [-0.2, -0.15) is 19.2 Å². The second-order valence-electron chi connectivity index (χ2n) is 29.2. The molecule has 2 saturated heterocycles. The molecule has 0 radical (unpaired) electrons. The maximum atomic E-state index is 12.8. The smallest absolute Gasteiger partial charge is 0.410 e. The Morgan fingerprint density at radius 1 is 0.562 bits per heavy atom. The Hall–Kier alpha value is -8.94. The van der Waals surface area contributed by atoms with Gasteiger partial charge in [0.25, 0.3) is 0 Å². The lowest BCUT2D eigenvalue weighted by Crippen LogP contribution is -2.49. The summed E-state index contributed by atoms with van der Waals surface area (Å²) >= 11 is 0. The highest BCUT2D eigenvalue weighted by Gasteiger charge is 2.44. The molecular weight excluding hydrogens is 1240 g/mol. The van der Waals surface area contributed by atoms with Gasteiger partial charge < -0.3 is 59.1 Å². The van der Waals surface area contributed by atoms with Gasteiger partial charge in [0.15, 0.2) is 5.69 Å². The number of likely N-dealkylation sites (tertiary alicyclic amines) is 2. The Balaban J connectivity index is 0.000000321. The van der Waals surface area contributed by atoms with E-state index in [0.717, 1.165) is 84.7 Å². The quantitative estimate of drug-likeness (QED) is 0.0385. The van der Waals surface area contributed by atoms with Crippen LogP contribution in [0.2, 0.25) is 0 Å². The van der Waals surface area contributed by atoms with Gasteiger partial charge in [0.05, 0.1) is 35.2 Å². The average Bonchev–Trinajstić information content (AvgIpc) is 1.18. The number of carbonyl (C=O) groups excluding carboxylic acids is 8. The molecule has 0 bridgehead atoms. The fourth-order valence-electron chi connectivity index (χ4n) is 11.0. The minimum absolute atomic E-state index is 0.0117. The number of hydrogen-bond acceptors (Lipinski definition) is 20. The lowest BCUT2D eigenvalue weighted by molar-refractivity contribution is -0.193. The zero-order valence-corrected chi connectivity index (χ0v) is 58.2. The molecule has 524 valence electrons. The summed E-state index contributed by atoms with van der Waals surface area (Å²) in [4.78, 5) is 128. The van der Waals surface area contributed by atoms with Crippen molar-refractivity contribution in [3.8, 4) is 23.6 Å². The van der Waals surface area contributed by atoms with Gasteiger partial charge in [0.2, 0.25) is 11.8 Å². The topological polar surface area (TPSA) is 349 Å². The minimum Gasteiger partial charge on any atom is -0.480 e. The van der Waals surface area contributed by atoms with Crippen LogP contribution < -0.4 is 20.1 Å². The molecule has 2 saturated carbocycles. The van der Waals surface area contributed by atoms with Crippen LogP contribution >= 0.6 is 0 Å². The third-order valence-electron chi connectivity index (χ3n) is 16.1. The van der Waals surface area contributed by atoms with Gasteiger partial charge in [0.1, 0.15) is 53.4 Å². The van der Waals surface area contributed by atoms with E-state index in [2.05, 4.69) is 22.5 Å². The number of benzene rings is 2. The number of fused-ring (bicyclic) bond motifs is 2. The van der Waals surface area contributed by atoms with Crippen LogP contribution in [0.25, 0.3) is 22.1 Å². The molecule has 96 heavy (non-hydrogen) atoms. The second kappa shape index (κ2) is 34.1. The lowest BCUT2D eigenvalue weighted by atomic mass is 9.87. The van der Waals surface area contributed by atoms with E-state index >= 15 is 0 Å². The Morgan fingerprint density at radius 3 is 1.41 bits per heavy atom. The average molecular weight is 1340 g/mol. The zero-order valence-electron chi connectivity index (χ0n) is 58.2. The SMILES string of the molecule is Cc1ccc2nc(C#CCCC[C@@H]3C[C@H]3OC(=O)N[C@H](C(=O)O)C(C)(C)C)c(O[C@@H]3C[C@@H](C)N(C(=O)OC(C)(C)C)C3)nc2c1.Cc1ccc2nc(CCCCC[C@@H]3C[C@H]3OC(=O)N[C@H](C(=O)O)C(C)(C)C)c(O[C@@H]3C[C@@H](C)N(C(=O)OC(C)(C)C)C3)nc2c1.O=C=O.O=C=O. The van der Waals surface area contributed by atoms with Crippen molar-refractivity contribution in [2.24, 2.45) is 22.7 Å². The maximum Gasteiger partial charge on any atom is 0.410 e. The summed E-state index contributed by atoms with van der Waals surface area (Å²) in [5.74, 6) is 5.58. The molecule has 2 aromatic heterocycles. The molecule has 4 fully saturated rings. The van der Waals surface area contributed by atoms with E-state index in [9.17, 15) is 39.0 Å². The number of amides is 4. The summed E-state index contributed by atoms with van der Waals surface area (Å²) in [7, 11) is 0. The number of unbranched alkanes of at least 4 members (excludes halogenated alkanes) is 3. The fourth-order valence-corrected chi connectivity index (χ4v) is 11.0. The van der Waals surface area contributed by atoms with E-state index < -0.39 is 58.2 Å². The van der Waals surface area contributed by atoms with Gasteiger partial charge in [0, 0.05) is 31.3 Å². The van der Waals surface area contributed by atoms with Crippen LogP contribution in [0.1, 0.15) is 190 Å². The highest BCUT2D eigenvalue weighted by molar-refractivity contribution is 5.82. The maximum absolute atomic E-state index is 12.8. The molecule has 10 atom stereocenters. The Labute approximate surface area is 561 Å². The van der Waals surface area contributed by atoms with Crippen molar-refractivity contribution in [2.45, 2.75) is 248 Å². The van der Waals surface area contributed by atoms with Crippen LogP contribution in [-0.4, -0.2) is 161 Å².